The number of halogens is 2. The third kappa shape index (κ3) is 2.30. The van der Waals surface area contributed by atoms with Crippen LogP contribution in [0.15, 0.2) is 24.3 Å². The molecule has 15 heavy (non-hydrogen) atoms. The molecule has 3 nitrogen and oxygen atoms in total. The summed E-state index contributed by atoms with van der Waals surface area (Å²) in [7, 11) is 0. The summed E-state index contributed by atoms with van der Waals surface area (Å²) in [5.41, 5.74) is 2.79. The highest BCUT2D eigenvalue weighted by Gasteiger charge is 2.38. The summed E-state index contributed by atoms with van der Waals surface area (Å²) in [4.78, 5) is 10.6. The van der Waals surface area contributed by atoms with Crippen molar-refractivity contribution in [2.75, 3.05) is 0 Å². The molecule has 3 N–H and O–H groups in total. The molecule has 5 heteroatoms. The number of hydrogen-bond acceptors (Lipinski definition) is 2. The van der Waals surface area contributed by atoms with Crippen LogP contribution in [0.25, 0.3) is 0 Å². The second-order valence-electron chi connectivity index (χ2n) is 3.42. The van der Waals surface area contributed by atoms with Gasteiger partial charge in [-0.05, 0) is 24.6 Å². The minimum Gasteiger partial charge on any atom is -0.382 e. The molecule has 1 aromatic carbocycles. The molecule has 1 aromatic rings. The fourth-order valence-electron chi connectivity index (χ4n) is 1.21. The van der Waals surface area contributed by atoms with Crippen LogP contribution >= 0.6 is 0 Å². The van der Waals surface area contributed by atoms with Gasteiger partial charge < -0.3 is 10.8 Å². The first-order valence-electron chi connectivity index (χ1n) is 4.27. The Morgan fingerprint density at radius 1 is 1.47 bits per heavy atom. The minimum absolute atomic E-state index is 0.0928. The SMILES string of the molecule is C[C@](O)(c1ccc(F)cc1)C(F)C(N)=O. The van der Waals surface area contributed by atoms with Gasteiger partial charge >= 0.3 is 0 Å². The Balaban J connectivity index is 3.05. The summed E-state index contributed by atoms with van der Waals surface area (Å²) in [6.45, 7) is 1.11. The van der Waals surface area contributed by atoms with E-state index < -0.39 is 23.5 Å². The van der Waals surface area contributed by atoms with Gasteiger partial charge in [-0.15, -0.1) is 0 Å². The van der Waals surface area contributed by atoms with Gasteiger partial charge in [0, 0.05) is 0 Å². The lowest BCUT2D eigenvalue weighted by Crippen LogP contribution is -2.42. The van der Waals surface area contributed by atoms with Crippen molar-refractivity contribution in [1.29, 1.82) is 0 Å². The third-order valence-electron chi connectivity index (χ3n) is 2.17. The molecule has 1 unspecified atom stereocenters. The van der Waals surface area contributed by atoms with Crippen LogP contribution in [0.4, 0.5) is 8.78 Å². The van der Waals surface area contributed by atoms with Gasteiger partial charge in [-0.3, -0.25) is 4.79 Å². The molecule has 0 aliphatic heterocycles. The highest BCUT2D eigenvalue weighted by molar-refractivity contribution is 5.80. The molecule has 0 aromatic heterocycles. The second kappa shape index (κ2) is 3.94. The molecule has 0 bridgehead atoms. The molecule has 0 saturated carbocycles. The maximum atomic E-state index is 13.3. The molecular formula is C10H11F2NO2. The normalized spacial score (nSPS) is 16.8. The van der Waals surface area contributed by atoms with E-state index in [0.29, 0.717) is 0 Å². The number of primary amides is 1. The van der Waals surface area contributed by atoms with E-state index in [4.69, 9.17) is 5.73 Å². The van der Waals surface area contributed by atoms with E-state index in [1.165, 1.54) is 12.1 Å². The number of carbonyl (C=O) groups excluding carboxylic acids is 1. The molecular weight excluding hydrogens is 204 g/mol. The molecule has 0 fully saturated rings. The van der Waals surface area contributed by atoms with Crippen molar-refractivity contribution < 1.29 is 18.7 Å². The van der Waals surface area contributed by atoms with Gasteiger partial charge in [0.1, 0.15) is 11.4 Å². The van der Waals surface area contributed by atoms with Crippen LogP contribution in [0.5, 0.6) is 0 Å². The lowest BCUT2D eigenvalue weighted by atomic mass is 9.91. The Morgan fingerprint density at radius 3 is 2.33 bits per heavy atom. The van der Waals surface area contributed by atoms with E-state index in [0.717, 1.165) is 19.1 Å². The molecule has 0 radical (unpaired) electrons. The van der Waals surface area contributed by atoms with Crippen LogP contribution in [0.3, 0.4) is 0 Å². The van der Waals surface area contributed by atoms with E-state index in [1.54, 1.807) is 0 Å². The lowest BCUT2D eigenvalue weighted by molar-refractivity contribution is -0.133. The van der Waals surface area contributed by atoms with Crippen molar-refractivity contribution in [2.24, 2.45) is 5.73 Å². The van der Waals surface area contributed by atoms with Crippen LogP contribution in [0.1, 0.15) is 12.5 Å². The Kier molecular flexibility index (Phi) is 3.04. The van der Waals surface area contributed by atoms with Gasteiger partial charge in [0.15, 0.2) is 0 Å². The van der Waals surface area contributed by atoms with E-state index in [9.17, 15) is 18.7 Å². The zero-order valence-corrected chi connectivity index (χ0v) is 8.08. The van der Waals surface area contributed by atoms with Gasteiger partial charge in [0.25, 0.3) is 5.91 Å². The van der Waals surface area contributed by atoms with Crippen LogP contribution in [-0.4, -0.2) is 17.2 Å². The maximum absolute atomic E-state index is 13.3. The number of carbonyl (C=O) groups is 1. The molecule has 0 heterocycles. The monoisotopic (exact) mass is 215 g/mol. The number of rotatable bonds is 3. The van der Waals surface area contributed by atoms with Gasteiger partial charge in [-0.25, -0.2) is 8.78 Å². The van der Waals surface area contributed by atoms with Gasteiger partial charge in [-0.1, -0.05) is 12.1 Å². The molecule has 0 saturated heterocycles. The quantitative estimate of drug-likeness (QED) is 0.785. The summed E-state index contributed by atoms with van der Waals surface area (Å²) >= 11 is 0. The van der Waals surface area contributed by atoms with Crippen molar-refractivity contribution >= 4 is 5.91 Å². The summed E-state index contributed by atoms with van der Waals surface area (Å²) in [5, 5.41) is 9.72. The largest absolute Gasteiger partial charge is 0.382 e. The molecule has 0 aliphatic rings. The molecule has 0 aliphatic carbocycles. The predicted octanol–water partition coefficient (Wildman–Crippen LogP) is 0.857. The van der Waals surface area contributed by atoms with Crippen LogP contribution in [-0.2, 0) is 10.4 Å². The van der Waals surface area contributed by atoms with E-state index >= 15 is 0 Å². The van der Waals surface area contributed by atoms with Gasteiger partial charge in [-0.2, -0.15) is 0 Å². The lowest BCUT2D eigenvalue weighted by Gasteiger charge is -2.25. The van der Waals surface area contributed by atoms with Crippen molar-refractivity contribution in [3.05, 3.63) is 35.6 Å². The average molecular weight is 215 g/mol. The number of amides is 1. The van der Waals surface area contributed by atoms with E-state index in [-0.39, 0.29) is 5.56 Å². The molecule has 2 atom stereocenters. The fraction of sp³-hybridized carbons (Fsp3) is 0.300. The van der Waals surface area contributed by atoms with Crippen LogP contribution < -0.4 is 5.73 Å². The molecule has 1 amide bonds. The number of benzene rings is 1. The second-order valence-corrected chi connectivity index (χ2v) is 3.42. The number of nitrogens with two attached hydrogens (primary N) is 1. The fourth-order valence-corrected chi connectivity index (χ4v) is 1.21. The van der Waals surface area contributed by atoms with Crippen molar-refractivity contribution in [2.45, 2.75) is 18.7 Å². The Hall–Kier alpha value is -1.49. The third-order valence-corrected chi connectivity index (χ3v) is 2.17. The first-order chi connectivity index (χ1) is 6.85. The summed E-state index contributed by atoms with van der Waals surface area (Å²) in [6, 6.07) is 4.53. The first-order valence-corrected chi connectivity index (χ1v) is 4.27. The van der Waals surface area contributed by atoms with Gasteiger partial charge in [0.05, 0.1) is 0 Å². The highest BCUT2D eigenvalue weighted by Crippen LogP contribution is 2.26. The Labute approximate surface area is 85.5 Å². The average Bonchev–Trinajstić information content (AvgIpc) is 2.17. The van der Waals surface area contributed by atoms with Crippen LogP contribution in [0.2, 0.25) is 0 Å². The maximum Gasteiger partial charge on any atom is 0.255 e. The smallest absolute Gasteiger partial charge is 0.255 e. The predicted molar refractivity (Wildman–Crippen MR) is 50.1 cm³/mol. The Morgan fingerprint density at radius 2 is 1.93 bits per heavy atom. The summed E-state index contributed by atoms with van der Waals surface area (Å²) in [5.74, 6) is -1.77. The molecule has 1 rings (SSSR count). The van der Waals surface area contributed by atoms with E-state index in [2.05, 4.69) is 0 Å². The van der Waals surface area contributed by atoms with Crippen molar-refractivity contribution in [1.82, 2.24) is 0 Å². The zero-order valence-electron chi connectivity index (χ0n) is 8.08. The van der Waals surface area contributed by atoms with Gasteiger partial charge in [0.2, 0.25) is 6.17 Å². The van der Waals surface area contributed by atoms with E-state index in [1.807, 2.05) is 0 Å². The topological polar surface area (TPSA) is 63.3 Å². The minimum atomic E-state index is -2.23. The number of alkyl halides is 1. The zero-order chi connectivity index (χ0) is 11.6. The molecule has 0 spiro atoms. The first kappa shape index (κ1) is 11.6. The standard InChI is InChI=1S/C10H11F2NO2/c1-10(15,8(12)9(13)14)6-2-4-7(11)5-3-6/h2-5,8,15H,1H3,(H2,13,14)/t8?,10-/m0/s1. The van der Waals surface area contributed by atoms with Crippen molar-refractivity contribution in [3.8, 4) is 0 Å². The summed E-state index contributed by atoms with van der Waals surface area (Å²) < 4.78 is 25.8. The Bertz CT molecular complexity index is 362. The van der Waals surface area contributed by atoms with Crippen LogP contribution in [0, 0.1) is 5.82 Å². The summed E-state index contributed by atoms with van der Waals surface area (Å²) in [6.07, 6.45) is -2.23. The number of aliphatic hydroxyl groups is 1. The molecule has 82 valence electrons. The number of hydrogen-bond donors (Lipinski definition) is 2. The highest BCUT2D eigenvalue weighted by atomic mass is 19.1. The van der Waals surface area contributed by atoms with Crippen molar-refractivity contribution in [3.63, 3.8) is 0 Å².